The number of pyridine rings is 1. The van der Waals surface area contributed by atoms with Gasteiger partial charge in [0.15, 0.2) is 0 Å². The predicted molar refractivity (Wildman–Crippen MR) is 114 cm³/mol. The summed E-state index contributed by atoms with van der Waals surface area (Å²) in [6.45, 7) is 1.66. The molecule has 32 heavy (non-hydrogen) atoms. The number of hydrogen-bond acceptors (Lipinski definition) is 7. The Morgan fingerprint density at radius 3 is 2.62 bits per heavy atom. The minimum Gasteiger partial charge on any atom is -0.477 e. The molecule has 2 aliphatic heterocycles. The molecule has 2 N–H and O–H groups in total. The minimum atomic E-state index is -1.30. The smallest absolute Gasteiger partial charge is 0.352 e. The summed E-state index contributed by atoms with van der Waals surface area (Å²) in [7, 11) is 0. The van der Waals surface area contributed by atoms with E-state index in [4.69, 9.17) is 4.74 Å². The number of carboxylic acids is 1. The fourth-order valence-electron chi connectivity index (χ4n) is 3.56. The standard InChI is InChI=1S/C22H19N3O6S/c1-12-11-32-20-15(19(27)25(20)16(12)21(28)29)24-18(26)17(13-6-3-2-4-7-13)31-22(30)14-8-5-9-23-10-14/h2-10,15,17,20H,11H2,1H3,(H,24,26)(H,28,29)/t15?,17?,20-/m1/s1. The number of fused-ring (bicyclic) bond motifs is 1. The number of hydrogen-bond donors (Lipinski definition) is 2. The van der Waals surface area contributed by atoms with Crippen LogP contribution in [0.1, 0.15) is 28.9 Å². The summed E-state index contributed by atoms with van der Waals surface area (Å²) in [4.78, 5) is 55.0. The van der Waals surface area contributed by atoms with Crippen LogP contribution in [-0.2, 0) is 19.1 Å². The maximum atomic E-state index is 13.1. The Balaban J connectivity index is 1.53. The molecule has 10 heteroatoms. The molecule has 2 aromatic rings. The average Bonchev–Trinajstić information content (AvgIpc) is 2.81. The van der Waals surface area contributed by atoms with Crippen LogP contribution in [0.4, 0.5) is 0 Å². The summed E-state index contributed by atoms with van der Waals surface area (Å²) < 4.78 is 5.48. The SMILES string of the molecule is CC1=C(C(=O)O)N2C(=O)C(NC(=O)C(OC(=O)c3cccnc3)c3ccccc3)[C@H]2SC1. The Morgan fingerprint density at radius 1 is 1.22 bits per heavy atom. The zero-order valence-corrected chi connectivity index (χ0v) is 17.7. The Morgan fingerprint density at radius 2 is 1.97 bits per heavy atom. The van der Waals surface area contributed by atoms with Crippen molar-refractivity contribution in [1.82, 2.24) is 15.2 Å². The van der Waals surface area contributed by atoms with Gasteiger partial charge in [0.05, 0.1) is 5.56 Å². The topological polar surface area (TPSA) is 126 Å². The summed E-state index contributed by atoms with van der Waals surface area (Å²) in [5.41, 5.74) is 1.15. The quantitative estimate of drug-likeness (QED) is 0.500. The number of nitrogens with zero attached hydrogens (tertiary/aromatic N) is 2. The van der Waals surface area contributed by atoms with Crippen LogP contribution in [0.25, 0.3) is 0 Å². The van der Waals surface area contributed by atoms with E-state index in [9.17, 15) is 24.3 Å². The van der Waals surface area contributed by atoms with E-state index in [-0.39, 0.29) is 11.3 Å². The lowest BCUT2D eigenvalue weighted by atomic mass is 10.0. The number of carbonyl (C=O) groups is 4. The molecule has 1 saturated heterocycles. The van der Waals surface area contributed by atoms with Crippen molar-refractivity contribution in [3.05, 3.63) is 77.3 Å². The summed E-state index contributed by atoms with van der Waals surface area (Å²) in [6.07, 6.45) is 1.54. The molecular weight excluding hydrogens is 434 g/mol. The number of aromatic nitrogens is 1. The van der Waals surface area contributed by atoms with Crippen LogP contribution >= 0.6 is 11.8 Å². The molecule has 0 bridgehead atoms. The first-order valence-corrected chi connectivity index (χ1v) is 10.8. The first-order chi connectivity index (χ1) is 15.4. The maximum absolute atomic E-state index is 13.1. The zero-order valence-electron chi connectivity index (χ0n) is 16.9. The van der Waals surface area contributed by atoms with Gasteiger partial charge in [0.25, 0.3) is 11.8 Å². The van der Waals surface area contributed by atoms with E-state index < -0.39 is 41.3 Å². The van der Waals surface area contributed by atoms with Crippen molar-refractivity contribution < 1.29 is 29.0 Å². The molecule has 2 aliphatic rings. The molecule has 164 valence electrons. The lowest BCUT2D eigenvalue weighted by molar-refractivity contribution is -0.151. The van der Waals surface area contributed by atoms with Crippen molar-refractivity contribution in [1.29, 1.82) is 0 Å². The number of nitrogens with one attached hydrogen (secondary N) is 1. The molecule has 0 spiro atoms. The number of benzene rings is 1. The number of carboxylic acid groups (broad SMARTS) is 1. The van der Waals surface area contributed by atoms with E-state index in [1.54, 1.807) is 43.3 Å². The second-order valence-electron chi connectivity index (χ2n) is 7.27. The van der Waals surface area contributed by atoms with Crippen molar-refractivity contribution in [3.63, 3.8) is 0 Å². The van der Waals surface area contributed by atoms with Crippen LogP contribution in [0.5, 0.6) is 0 Å². The molecule has 3 atom stereocenters. The van der Waals surface area contributed by atoms with Gasteiger partial charge in [-0.3, -0.25) is 19.5 Å². The van der Waals surface area contributed by atoms with Gasteiger partial charge in [0.1, 0.15) is 17.1 Å². The van der Waals surface area contributed by atoms with Crippen LogP contribution in [0.3, 0.4) is 0 Å². The monoisotopic (exact) mass is 453 g/mol. The van der Waals surface area contributed by atoms with E-state index in [1.807, 2.05) is 0 Å². The Bertz CT molecular complexity index is 1110. The van der Waals surface area contributed by atoms with Crippen LogP contribution in [0.2, 0.25) is 0 Å². The fraction of sp³-hybridized carbons (Fsp3) is 0.227. The molecule has 1 fully saturated rings. The van der Waals surface area contributed by atoms with E-state index in [1.165, 1.54) is 35.1 Å². The highest BCUT2D eigenvalue weighted by Gasteiger charge is 2.54. The summed E-state index contributed by atoms with van der Waals surface area (Å²) >= 11 is 1.37. The van der Waals surface area contributed by atoms with E-state index in [0.717, 1.165) is 0 Å². The zero-order chi connectivity index (χ0) is 22.8. The molecule has 3 heterocycles. The van der Waals surface area contributed by atoms with Gasteiger partial charge in [-0.2, -0.15) is 0 Å². The van der Waals surface area contributed by atoms with E-state index in [0.29, 0.717) is 16.9 Å². The van der Waals surface area contributed by atoms with Gasteiger partial charge in [-0.1, -0.05) is 30.3 Å². The third-order valence-electron chi connectivity index (χ3n) is 5.12. The molecule has 0 aliphatic carbocycles. The van der Waals surface area contributed by atoms with Crippen LogP contribution in [0.15, 0.2) is 66.1 Å². The number of ether oxygens (including phenoxy) is 1. The first kappa shape index (κ1) is 21.6. The Labute approximate surface area is 187 Å². The molecule has 2 amide bonds. The highest BCUT2D eigenvalue weighted by molar-refractivity contribution is 8.00. The van der Waals surface area contributed by atoms with Gasteiger partial charge in [-0.15, -0.1) is 11.8 Å². The maximum Gasteiger partial charge on any atom is 0.352 e. The van der Waals surface area contributed by atoms with Crippen molar-refractivity contribution in [2.75, 3.05) is 5.75 Å². The van der Waals surface area contributed by atoms with Crippen LogP contribution < -0.4 is 5.32 Å². The molecule has 1 aromatic carbocycles. The lowest BCUT2D eigenvalue weighted by Crippen LogP contribution is -2.70. The summed E-state index contributed by atoms with van der Waals surface area (Å²) in [6, 6.07) is 10.6. The van der Waals surface area contributed by atoms with Gasteiger partial charge in [-0.25, -0.2) is 9.59 Å². The van der Waals surface area contributed by atoms with Gasteiger partial charge in [-0.05, 0) is 24.6 Å². The second-order valence-corrected chi connectivity index (χ2v) is 8.37. The number of esters is 1. The molecule has 2 unspecified atom stereocenters. The number of thioether (sulfide) groups is 1. The Hall–Kier alpha value is -3.66. The summed E-state index contributed by atoms with van der Waals surface area (Å²) in [5, 5.41) is 11.6. The molecule has 0 saturated carbocycles. The van der Waals surface area contributed by atoms with Crippen LogP contribution in [-0.4, -0.2) is 55.9 Å². The van der Waals surface area contributed by atoms with Gasteiger partial charge < -0.3 is 15.2 Å². The molecule has 9 nitrogen and oxygen atoms in total. The normalized spacial score (nSPS) is 20.7. The van der Waals surface area contributed by atoms with Crippen LogP contribution in [0, 0.1) is 0 Å². The third kappa shape index (κ3) is 3.96. The number of rotatable bonds is 6. The third-order valence-corrected chi connectivity index (χ3v) is 6.55. The number of aliphatic carboxylic acids is 1. The highest BCUT2D eigenvalue weighted by atomic mass is 32.2. The number of β-lactam (4-membered cyclic amide) rings is 1. The predicted octanol–water partition coefficient (Wildman–Crippen LogP) is 1.74. The van der Waals surface area contributed by atoms with Crippen molar-refractivity contribution in [2.24, 2.45) is 0 Å². The largest absolute Gasteiger partial charge is 0.477 e. The molecule has 1 aromatic heterocycles. The molecular formula is C22H19N3O6S. The van der Waals surface area contributed by atoms with Gasteiger partial charge in [0.2, 0.25) is 6.10 Å². The van der Waals surface area contributed by atoms with Crippen molar-refractivity contribution in [3.8, 4) is 0 Å². The number of carbonyl (C=O) groups excluding carboxylic acids is 3. The van der Waals surface area contributed by atoms with Gasteiger partial charge >= 0.3 is 11.9 Å². The van der Waals surface area contributed by atoms with Gasteiger partial charge in [0, 0.05) is 23.7 Å². The highest BCUT2D eigenvalue weighted by Crippen LogP contribution is 2.40. The Kier molecular flexibility index (Phi) is 5.95. The van der Waals surface area contributed by atoms with Crippen molar-refractivity contribution in [2.45, 2.75) is 24.4 Å². The lowest BCUT2D eigenvalue weighted by Gasteiger charge is -2.49. The molecule has 4 rings (SSSR count). The minimum absolute atomic E-state index is 0.0492. The average molecular weight is 453 g/mol. The van der Waals surface area contributed by atoms with E-state index >= 15 is 0 Å². The molecule has 0 radical (unpaired) electrons. The summed E-state index contributed by atoms with van der Waals surface area (Å²) in [5.74, 6) is -2.67. The van der Waals surface area contributed by atoms with E-state index in [2.05, 4.69) is 10.3 Å². The second kappa shape index (κ2) is 8.83. The van der Waals surface area contributed by atoms with Crippen molar-refractivity contribution >= 4 is 35.5 Å². The first-order valence-electron chi connectivity index (χ1n) is 9.72. The number of amides is 2. The fourth-order valence-corrected chi connectivity index (χ4v) is 4.86.